The lowest BCUT2D eigenvalue weighted by molar-refractivity contribution is -0.130. The number of amides is 1. The third kappa shape index (κ3) is 1.35. The molecule has 2 fully saturated rings. The Morgan fingerprint density at radius 2 is 1.86 bits per heavy atom. The molecule has 3 rings (SSSR count). The van der Waals surface area contributed by atoms with Gasteiger partial charge in [-0.3, -0.25) is 4.79 Å². The molecule has 0 bridgehead atoms. The van der Waals surface area contributed by atoms with Crippen LogP contribution in [0.1, 0.15) is 44.9 Å². The molecular weight excluding hydrogens is 176 g/mol. The van der Waals surface area contributed by atoms with Gasteiger partial charge in [-0.15, -0.1) is 0 Å². The van der Waals surface area contributed by atoms with Crippen molar-refractivity contribution in [1.82, 2.24) is 5.01 Å². The van der Waals surface area contributed by atoms with E-state index in [-0.39, 0.29) is 5.91 Å². The van der Waals surface area contributed by atoms with Crippen LogP contribution in [0.3, 0.4) is 0 Å². The minimum Gasteiger partial charge on any atom is -0.273 e. The lowest BCUT2D eigenvalue weighted by Crippen LogP contribution is -2.30. The molecule has 14 heavy (non-hydrogen) atoms. The number of carbonyl (C=O) groups is 1. The van der Waals surface area contributed by atoms with Crippen molar-refractivity contribution in [3.05, 3.63) is 0 Å². The highest BCUT2D eigenvalue weighted by molar-refractivity contribution is 6.06. The second-order valence-electron chi connectivity index (χ2n) is 4.72. The van der Waals surface area contributed by atoms with Crippen LogP contribution in [0, 0.1) is 5.92 Å². The van der Waals surface area contributed by atoms with Gasteiger partial charge < -0.3 is 0 Å². The average molecular weight is 192 g/mol. The van der Waals surface area contributed by atoms with Crippen LogP contribution in [0.2, 0.25) is 0 Å². The first-order valence-electron chi connectivity index (χ1n) is 5.74. The molecule has 0 unspecified atom stereocenters. The first-order valence-corrected chi connectivity index (χ1v) is 5.74. The predicted octanol–water partition coefficient (Wildman–Crippen LogP) is 1.93. The van der Waals surface area contributed by atoms with Gasteiger partial charge in [0, 0.05) is 0 Å². The maximum Gasteiger partial charge on any atom is 0.248 e. The standard InChI is InChI=1S/C11H16N2O/c14-11-7-10(8-5-6-8)12-13(11)9-3-1-2-4-9/h8-9H,1-7H2. The van der Waals surface area contributed by atoms with Gasteiger partial charge in [-0.25, -0.2) is 5.01 Å². The fourth-order valence-corrected chi connectivity index (χ4v) is 2.54. The minimum absolute atomic E-state index is 0.249. The quantitative estimate of drug-likeness (QED) is 0.658. The number of hydrazone groups is 1. The normalized spacial score (nSPS) is 28.7. The zero-order chi connectivity index (χ0) is 9.54. The van der Waals surface area contributed by atoms with Gasteiger partial charge in [0.1, 0.15) is 0 Å². The van der Waals surface area contributed by atoms with Gasteiger partial charge in [0.2, 0.25) is 5.91 Å². The van der Waals surface area contributed by atoms with E-state index in [1.54, 1.807) is 5.01 Å². The molecule has 0 aromatic carbocycles. The first kappa shape index (κ1) is 8.45. The Balaban J connectivity index is 1.74. The number of hydrogen-bond acceptors (Lipinski definition) is 2. The van der Waals surface area contributed by atoms with Crippen LogP contribution in [0.4, 0.5) is 0 Å². The molecule has 0 spiro atoms. The van der Waals surface area contributed by atoms with Crippen LogP contribution in [-0.4, -0.2) is 22.7 Å². The summed E-state index contributed by atoms with van der Waals surface area (Å²) in [6, 6.07) is 0.429. The minimum atomic E-state index is 0.249. The first-order chi connectivity index (χ1) is 6.84. The van der Waals surface area contributed by atoms with Crippen molar-refractivity contribution >= 4 is 11.6 Å². The van der Waals surface area contributed by atoms with Crippen molar-refractivity contribution < 1.29 is 4.79 Å². The monoisotopic (exact) mass is 192 g/mol. The number of hydrogen-bond donors (Lipinski definition) is 0. The molecule has 0 saturated heterocycles. The van der Waals surface area contributed by atoms with Gasteiger partial charge in [-0.2, -0.15) is 5.10 Å². The van der Waals surface area contributed by atoms with E-state index in [1.165, 1.54) is 31.4 Å². The Hall–Kier alpha value is -0.860. The Morgan fingerprint density at radius 1 is 1.14 bits per heavy atom. The van der Waals surface area contributed by atoms with Crippen LogP contribution in [0.15, 0.2) is 5.10 Å². The second kappa shape index (κ2) is 3.07. The van der Waals surface area contributed by atoms with Crippen LogP contribution in [-0.2, 0) is 4.79 Å². The van der Waals surface area contributed by atoms with Crippen molar-refractivity contribution in [3.8, 4) is 0 Å². The second-order valence-corrected chi connectivity index (χ2v) is 4.72. The summed E-state index contributed by atoms with van der Waals surface area (Å²) in [5.74, 6) is 0.907. The molecule has 0 radical (unpaired) electrons. The van der Waals surface area contributed by atoms with E-state index in [0.29, 0.717) is 18.4 Å². The van der Waals surface area contributed by atoms with Gasteiger partial charge in [0.05, 0.1) is 18.2 Å². The maximum absolute atomic E-state index is 11.7. The fourth-order valence-electron chi connectivity index (χ4n) is 2.54. The smallest absolute Gasteiger partial charge is 0.248 e. The molecule has 3 aliphatic rings. The van der Waals surface area contributed by atoms with E-state index < -0.39 is 0 Å². The number of nitrogens with zero attached hydrogens (tertiary/aromatic N) is 2. The zero-order valence-electron chi connectivity index (χ0n) is 8.41. The van der Waals surface area contributed by atoms with Crippen molar-refractivity contribution in [1.29, 1.82) is 0 Å². The summed E-state index contributed by atoms with van der Waals surface area (Å²) in [5.41, 5.74) is 1.17. The molecule has 2 saturated carbocycles. The predicted molar refractivity (Wildman–Crippen MR) is 53.9 cm³/mol. The molecule has 0 aromatic heterocycles. The molecule has 3 heteroatoms. The molecular formula is C11H16N2O. The average Bonchev–Trinajstić information content (AvgIpc) is 2.75. The SMILES string of the molecule is O=C1CC(C2CC2)=NN1C1CCCC1. The number of carbonyl (C=O) groups excluding carboxylic acids is 1. The van der Waals surface area contributed by atoms with Gasteiger partial charge in [-0.1, -0.05) is 12.8 Å². The summed E-state index contributed by atoms with van der Waals surface area (Å²) >= 11 is 0. The Labute approximate surface area is 84.2 Å². The summed E-state index contributed by atoms with van der Waals surface area (Å²) in [6.45, 7) is 0. The van der Waals surface area contributed by atoms with Crippen LogP contribution in [0.5, 0.6) is 0 Å². The van der Waals surface area contributed by atoms with Crippen LogP contribution >= 0.6 is 0 Å². The molecule has 3 nitrogen and oxygen atoms in total. The van der Waals surface area contributed by atoms with E-state index in [9.17, 15) is 4.79 Å². The van der Waals surface area contributed by atoms with Gasteiger partial charge in [0.25, 0.3) is 0 Å². The Bertz CT molecular complexity index is 288. The molecule has 1 amide bonds. The number of rotatable bonds is 2. The van der Waals surface area contributed by atoms with E-state index in [1.807, 2.05) is 0 Å². The summed E-state index contributed by atoms with van der Waals surface area (Å²) in [7, 11) is 0. The van der Waals surface area contributed by atoms with Crippen LogP contribution < -0.4 is 0 Å². The Kier molecular flexibility index (Phi) is 1.85. The van der Waals surface area contributed by atoms with E-state index >= 15 is 0 Å². The Morgan fingerprint density at radius 3 is 2.50 bits per heavy atom. The molecule has 2 aliphatic carbocycles. The maximum atomic E-state index is 11.7. The third-order valence-corrected chi connectivity index (χ3v) is 3.54. The van der Waals surface area contributed by atoms with Crippen molar-refractivity contribution in [3.63, 3.8) is 0 Å². The fraction of sp³-hybridized carbons (Fsp3) is 0.818. The van der Waals surface area contributed by atoms with Crippen molar-refractivity contribution in [2.75, 3.05) is 0 Å². The summed E-state index contributed by atoms with van der Waals surface area (Å²) in [4.78, 5) is 11.7. The van der Waals surface area contributed by atoms with Crippen molar-refractivity contribution in [2.45, 2.75) is 51.0 Å². The van der Waals surface area contributed by atoms with E-state index in [2.05, 4.69) is 5.10 Å². The summed E-state index contributed by atoms with van der Waals surface area (Å²) in [6.07, 6.45) is 7.97. The van der Waals surface area contributed by atoms with Gasteiger partial charge in [0.15, 0.2) is 0 Å². The highest BCUT2D eigenvalue weighted by atomic mass is 16.2. The summed E-state index contributed by atoms with van der Waals surface area (Å²) < 4.78 is 0. The molecule has 1 heterocycles. The van der Waals surface area contributed by atoms with E-state index in [0.717, 1.165) is 12.8 Å². The molecule has 76 valence electrons. The van der Waals surface area contributed by atoms with E-state index in [4.69, 9.17) is 0 Å². The molecule has 0 aromatic rings. The summed E-state index contributed by atoms with van der Waals surface area (Å²) in [5, 5.41) is 6.31. The highest BCUT2D eigenvalue weighted by Crippen LogP contribution is 2.36. The molecule has 1 aliphatic heterocycles. The largest absolute Gasteiger partial charge is 0.273 e. The van der Waals surface area contributed by atoms with Crippen LogP contribution in [0.25, 0.3) is 0 Å². The molecule has 0 N–H and O–H groups in total. The lowest BCUT2D eigenvalue weighted by atomic mass is 10.2. The zero-order valence-corrected chi connectivity index (χ0v) is 8.41. The van der Waals surface area contributed by atoms with Crippen molar-refractivity contribution in [2.24, 2.45) is 11.0 Å². The highest BCUT2D eigenvalue weighted by Gasteiger charge is 2.37. The molecule has 0 atom stereocenters. The third-order valence-electron chi connectivity index (χ3n) is 3.54. The topological polar surface area (TPSA) is 32.7 Å². The lowest BCUT2D eigenvalue weighted by Gasteiger charge is -2.18. The van der Waals surface area contributed by atoms with Gasteiger partial charge in [-0.05, 0) is 31.6 Å². The van der Waals surface area contributed by atoms with Gasteiger partial charge >= 0.3 is 0 Å².